The second-order valence-corrected chi connectivity index (χ2v) is 5.97. The smallest absolute Gasteiger partial charge is 0.254 e. The lowest BCUT2D eigenvalue weighted by molar-refractivity contribution is 0.0619. The molecule has 0 aromatic heterocycles. The van der Waals surface area contributed by atoms with Crippen LogP contribution in [0.15, 0.2) is 18.2 Å². The number of piperidine rings is 1. The van der Waals surface area contributed by atoms with Crippen LogP contribution in [0, 0.1) is 0 Å². The number of nitrogens with zero attached hydrogens (tertiary/aromatic N) is 1. The van der Waals surface area contributed by atoms with Crippen LogP contribution < -0.4 is 5.73 Å². The molecule has 0 spiro atoms. The van der Waals surface area contributed by atoms with Crippen LogP contribution in [0.4, 0.5) is 0 Å². The van der Waals surface area contributed by atoms with Crippen LogP contribution in [-0.4, -0.2) is 29.4 Å². The van der Waals surface area contributed by atoms with Gasteiger partial charge in [-0.2, -0.15) is 0 Å². The monoisotopic (exact) mass is 258 g/mol. The first-order valence-electron chi connectivity index (χ1n) is 7.33. The first kappa shape index (κ1) is 12.7. The first-order valence-corrected chi connectivity index (χ1v) is 7.33. The highest BCUT2D eigenvalue weighted by molar-refractivity contribution is 5.94. The molecule has 1 aromatic rings. The summed E-state index contributed by atoms with van der Waals surface area (Å²) in [4.78, 5) is 14.6. The summed E-state index contributed by atoms with van der Waals surface area (Å²) in [6.07, 6.45) is 5.34. The number of hydrogen-bond acceptors (Lipinski definition) is 2. The minimum Gasteiger partial charge on any atom is -0.336 e. The molecule has 1 fully saturated rings. The van der Waals surface area contributed by atoms with E-state index < -0.39 is 0 Å². The third-order valence-electron chi connectivity index (χ3n) is 4.52. The van der Waals surface area contributed by atoms with E-state index in [1.165, 1.54) is 24.0 Å². The molecule has 1 saturated heterocycles. The van der Waals surface area contributed by atoms with Gasteiger partial charge < -0.3 is 10.6 Å². The molecule has 3 heteroatoms. The summed E-state index contributed by atoms with van der Waals surface area (Å²) in [5, 5.41) is 0. The van der Waals surface area contributed by atoms with Gasteiger partial charge in [0.05, 0.1) is 0 Å². The SMILES string of the molecule is CC1CC(N)CCN1C(=O)c1ccc2c(c1)CCC2. The van der Waals surface area contributed by atoms with Crippen LogP contribution in [0.3, 0.4) is 0 Å². The minimum absolute atomic E-state index is 0.175. The van der Waals surface area contributed by atoms with Crippen molar-refractivity contribution in [1.82, 2.24) is 4.90 Å². The summed E-state index contributed by atoms with van der Waals surface area (Å²) in [6.45, 7) is 2.89. The summed E-state index contributed by atoms with van der Waals surface area (Å²) < 4.78 is 0. The van der Waals surface area contributed by atoms with Gasteiger partial charge in [-0.05, 0) is 62.3 Å². The van der Waals surface area contributed by atoms with Crippen molar-refractivity contribution in [3.05, 3.63) is 34.9 Å². The molecule has 1 heterocycles. The van der Waals surface area contributed by atoms with Gasteiger partial charge in [0.1, 0.15) is 0 Å². The van der Waals surface area contributed by atoms with E-state index in [1.807, 2.05) is 11.0 Å². The molecule has 0 bridgehead atoms. The lowest BCUT2D eigenvalue weighted by atomic mass is 9.97. The highest BCUT2D eigenvalue weighted by atomic mass is 16.2. The van der Waals surface area contributed by atoms with Crippen LogP contribution in [0.25, 0.3) is 0 Å². The quantitative estimate of drug-likeness (QED) is 0.838. The van der Waals surface area contributed by atoms with Crippen LogP contribution in [0.2, 0.25) is 0 Å². The Morgan fingerprint density at radius 2 is 2.11 bits per heavy atom. The molecule has 1 aliphatic heterocycles. The third kappa shape index (κ3) is 2.39. The number of aryl methyl sites for hydroxylation is 2. The number of carbonyl (C=O) groups is 1. The first-order chi connectivity index (χ1) is 9.15. The molecule has 2 unspecified atom stereocenters. The Bertz CT molecular complexity index is 498. The highest BCUT2D eigenvalue weighted by Gasteiger charge is 2.28. The molecule has 1 amide bonds. The average molecular weight is 258 g/mol. The predicted octanol–water partition coefficient (Wildman–Crippen LogP) is 2.13. The lowest BCUT2D eigenvalue weighted by Crippen LogP contribution is -2.48. The summed E-state index contributed by atoms with van der Waals surface area (Å²) >= 11 is 0. The molecule has 2 N–H and O–H groups in total. The van der Waals surface area contributed by atoms with Crippen molar-refractivity contribution in [2.75, 3.05) is 6.54 Å². The van der Waals surface area contributed by atoms with Gasteiger partial charge in [0.25, 0.3) is 5.91 Å². The molecule has 19 heavy (non-hydrogen) atoms. The second kappa shape index (κ2) is 4.97. The third-order valence-corrected chi connectivity index (χ3v) is 4.52. The Balaban J connectivity index is 1.80. The normalized spacial score (nSPS) is 26.3. The number of nitrogens with two attached hydrogens (primary N) is 1. The Kier molecular flexibility index (Phi) is 3.31. The van der Waals surface area contributed by atoms with Gasteiger partial charge in [-0.15, -0.1) is 0 Å². The highest BCUT2D eigenvalue weighted by Crippen LogP contribution is 2.25. The van der Waals surface area contributed by atoms with E-state index in [-0.39, 0.29) is 18.0 Å². The molecular weight excluding hydrogens is 236 g/mol. The van der Waals surface area contributed by atoms with Gasteiger partial charge in [-0.25, -0.2) is 0 Å². The number of benzene rings is 1. The standard InChI is InChI=1S/C16H22N2O/c1-11-9-15(17)7-8-18(11)16(19)14-6-5-12-3-2-4-13(12)10-14/h5-6,10-11,15H,2-4,7-9,17H2,1H3. The van der Waals surface area contributed by atoms with E-state index in [2.05, 4.69) is 19.1 Å². The number of rotatable bonds is 1. The minimum atomic E-state index is 0.175. The van der Waals surface area contributed by atoms with Crippen molar-refractivity contribution in [3.63, 3.8) is 0 Å². The topological polar surface area (TPSA) is 46.3 Å². The van der Waals surface area contributed by atoms with Gasteiger partial charge in [0.2, 0.25) is 0 Å². The van der Waals surface area contributed by atoms with Crippen LogP contribution in [0.5, 0.6) is 0 Å². The molecule has 0 saturated carbocycles. The van der Waals surface area contributed by atoms with E-state index >= 15 is 0 Å². The second-order valence-electron chi connectivity index (χ2n) is 5.97. The van der Waals surface area contributed by atoms with Gasteiger partial charge in [-0.3, -0.25) is 4.79 Å². The van der Waals surface area contributed by atoms with Gasteiger partial charge in [-0.1, -0.05) is 6.07 Å². The number of amides is 1. The van der Waals surface area contributed by atoms with Gasteiger partial charge >= 0.3 is 0 Å². The number of fused-ring (bicyclic) bond motifs is 1. The zero-order valence-corrected chi connectivity index (χ0v) is 11.6. The van der Waals surface area contributed by atoms with Gasteiger partial charge in [0, 0.05) is 24.2 Å². The predicted molar refractivity (Wildman–Crippen MR) is 76.2 cm³/mol. The molecule has 0 radical (unpaired) electrons. The Labute approximate surface area is 114 Å². The number of carbonyl (C=O) groups excluding carboxylic acids is 1. The number of hydrogen-bond donors (Lipinski definition) is 1. The van der Waals surface area contributed by atoms with E-state index in [1.54, 1.807) is 0 Å². The van der Waals surface area contributed by atoms with Crippen LogP contribution >= 0.6 is 0 Å². The fourth-order valence-corrected chi connectivity index (χ4v) is 3.38. The number of likely N-dealkylation sites (tertiary alicyclic amines) is 1. The zero-order valence-electron chi connectivity index (χ0n) is 11.6. The van der Waals surface area contributed by atoms with Crippen molar-refractivity contribution < 1.29 is 4.79 Å². The zero-order chi connectivity index (χ0) is 13.4. The molecule has 102 valence electrons. The molecule has 3 rings (SSSR count). The Hall–Kier alpha value is -1.35. The lowest BCUT2D eigenvalue weighted by Gasteiger charge is -2.36. The van der Waals surface area contributed by atoms with E-state index in [4.69, 9.17) is 5.73 Å². The molecular formula is C16H22N2O. The summed E-state index contributed by atoms with van der Waals surface area (Å²) in [5.74, 6) is 0.175. The Morgan fingerprint density at radius 1 is 1.32 bits per heavy atom. The van der Waals surface area contributed by atoms with Crippen LogP contribution in [-0.2, 0) is 12.8 Å². The molecule has 2 aliphatic rings. The fraction of sp³-hybridized carbons (Fsp3) is 0.562. The van der Waals surface area contributed by atoms with Gasteiger partial charge in [0.15, 0.2) is 0 Å². The van der Waals surface area contributed by atoms with E-state index in [0.717, 1.165) is 31.4 Å². The molecule has 3 nitrogen and oxygen atoms in total. The van der Waals surface area contributed by atoms with Crippen LogP contribution in [0.1, 0.15) is 47.7 Å². The van der Waals surface area contributed by atoms with Crippen molar-refractivity contribution in [2.45, 2.75) is 51.1 Å². The molecule has 1 aromatic carbocycles. The molecule has 1 aliphatic carbocycles. The maximum absolute atomic E-state index is 12.6. The Morgan fingerprint density at radius 3 is 2.89 bits per heavy atom. The maximum Gasteiger partial charge on any atom is 0.254 e. The van der Waals surface area contributed by atoms with Crippen molar-refractivity contribution >= 4 is 5.91 Å². The van der Waals surface area contributed by atoms with Crippen molar-refractivity contribution in [2.24, 2.45) is 5.73 Å². The van der Waals surface area contributed by atoms with Crippen molar-refractivity contribution in [1.29, 1.82) is 0 Å². The summed E-state index contributed by atoms with van der Waals surface area (Å²) in [5.41, 5.74) is 9.60. The van der Waals surface area contributed by atoms with Crippen molar-refractivity contribution in [3.8, 4) is 0 Å². The maximum atomic E-state index is 12.6. The van der Waals surface area contributed by atoms with E-state index in [0.29, 0.717) is 0 Å². The molecule has 2 atom stereocenters. The largest absolute Gasteiger partial charge is 0.336 e. The van der Waals surface area contributed by atoms with E-state index in [9.17, 15) is 4.79 Å². The average Bonchev–Trinajstić information content (AvgIpc) is 2.85. The summed E-state index contributed by atoms with van der Waals surface area (Å²) in [7, 11) is 0. The summed E-state index contributed by atoms with van der Waals surface area (Å²) in [6, 6.07) is 6.74. The fourth-order valence-electron chi connectivity index (χ4n) is 3.38.